The minimum atomic E-state index is 0.492. The lowest BCUT2D eigenvalue weighted by Gasteiger charge is -2.11. The quantitative estimate of drug-likeness (QED) is 0.910. The van der Waals surface area contributed by atoms with Crippen LogP contribution in [0.25, 0.3) is 11.3 Å². The molecule has 3 nitrogen and oxygen atoms in total. The van der Waals surface area contributed by atoms with Crippen molar-refractivity contribution in [2.75, 3.05) is 13.7 Å². The molecule has 0 fully saturated rings. The van der Waals surface area contributed by atoms with Crippen LogP contribution in [0.1, 0.15) is 30.3 Å². The maximum Gasteiger partial charge on any atom is 0.128 e. The normalized spacial score (nSPS) is 11.0. The average molecular weight is 276 g/mol. The van der Waals surface area contributed by atoms with Crippen LogP contribution in [0.15, 0.2) is 23.6 Å². The molecule has 1 heterocycles. The molecule has 0 aliphatic heterocycles. The summed E-state index contributed by atoms with van der Waals surface area (Å²) < 4.78 is 5.44. The van der Waals surface area contributed by atoms with E-state index in [0.29, 0.717) is 12.5 Å². The van der Waals surface area contributed by atoms with Gasteiger partial charge in [0.05, 0.1) is 17.8 Å². The van der Waals surface area contributed by atoms with Gasteiger partial charge in [-0.2, -0.15) is 0 Å². The molecule has 0 spiro atoms. The van der Waals surface area contributed by atoms with Crippen LogP contribution >= 0.6 is 11.3 Å². The molecule has 0 saturated carbocycles. The third-order valence-electron chi connectivity index (χ3n) is 3.08. The van der Waals surface area contributed by atoms with Gasteiger partial charge in [-0.25, -0.2) is 4.98 Å². The van der Waals surface area contributed by atoms with Crippen molar-refractivity contribution in [1.29, 1.82) is 0 Å². The molecule has 0 atom stereocenters. The Kier molecular flexibility index (Phi) is 4.56. The Morgan fingerprint density at radius 1 is 1.37 bits per heavy atom. The fraction of sp³-hybridized carbons (Fsp3) is 0.400. The van der Waals surface area contributed by atoms with Gasteiger partial charge in [-0.15, -0.1) is 11.3 Å². The van der Waals surface area contributed by atoms with Gasteiger partial charge in [-0.3, -0.25) is 0 Å². The lowest BCUT2D eigenvalue weighted by Crippen LogP contribution is -2.02. The van der Waals surface area contributed by atoms with E-state index >= 15 is 0 Å². The first kappa shape index (κ1) is 14.0. The van der Waals surface area contributed by atoms with Crippen molar-refractivity contribution in [1.82, 2.24) is 4.98 Å². The van der Waals surface area contributed by atoms with Crippen LogP contribution in [-0.4, -0.2) is 18.6 Å². The number of nitrogens with two attached hydrogens (primary N) is 1. The summed E-state index contributed by atoms with van der Waals surface area (Å²) in [7, 11) is 1.70. The van der Waals surface area contributed by atoms with Gasteiger partial charge >= 0.3 is 0 Å². The van der Waals surface area contributed by atoms with Gasteiger partial charge in [-0.1, -0.05) is 19.9 Å². The predicted molar refractivity (Wildman–Crippen MR) is 80.9 cm³/mol. The Morgan fingerprint density at radius 2 is 2.16 bits per heavy atom. The lowest BCUT2D eigenvalue weighted by molar-refractivity contribution is 0.416. The third-order valence-corrected chi connectivity index (χ3v) is 3.98. The second kappa shape index (κ2) is 6.17. The SMILES string of the molecule is COc1ccc(C(C)C)cc1-c1csc(CCN)n1. The van der Waals surface area contributed by atoms with Crippen molar-refractivity contribution in [3.05, 3.63) is 34.2 Å². The molecule has 2 rings (SSSR count). The molecule has 0 unspecified atom stereocenters. The summed E-state index contributed by atoms with van der Waals surface area (Å²) >= 11 is 1.66. The highest BCUT2D eigenvalue weighted by molar-refractivity contribution is 7.09. The molecule has 2 aromatic rings. The van der Waals surface area contributed by atoms with E-state index in [-0.39, 0.29) is 0 Å². The molecule has 1 aromatic heterocycles. The molecule has 0 aliphatic carbocycles. The Labute approximate surface area is 118 Å². The minimum Gasteiger partial charge on any atom is -0.496 e. The Balaban J connectivity index is 2.42. The van der Waals surface area contributed by atoms with Crippen LogP contribution in [0.5, 0.6) is 5.75 Å². The van der Waals surface area contributed by atoms with E-state index < -0.39 is 0 Å². The van der Waals surface area contributed by atoms with Gasteiger partial charge in [0.25, 0.3) is 0 Å². The van der Waals surface area contributed by atoms with Gasteiger partial charge in [0.2, 0.25) is 0 Å². The summed E-state index contributed by atoms with van der Waals surface area (Å²) in [5, 5.41) is 3.15. The number of rotatable bonds is 5. The fourth-order valence-corrected chi connectivity index (χ4v) is 2.77. The van der Waals surface area contributed by atoms with Gasteiger partial charge in [0, 0.05) is 17.4 Å². The van der Waals surface area contributed by atoms with Gasteiger partial charge in [0.1, 0.15) is 5.75 Å². The van der Waals surface area contributed by atoms with Gasteiger partial charge in [-0.05, 0) is 30.2 Å². The van der Waals surface area contributed by atoms with Crippen molar-refractivity contribution < 1.29 is 4.74 Å². The molecule has 19 heavy (non-hydrogen) atoms. The van der Waals surface area contributed by atoms with Crippen molar-refractivity contribution in [3.8, 4) is 17.0 Å². The van der Waals surface area contributed by atoms with E-state index in [0.717, 1.165) is 28.4 Å². The smallest absolute Gasteiger partial charge is 0.128 e. The Hall–Kier alpha value is -1.39. The molecule has 1 aromatic carbocycles. The molecular weight excluding hydrogens is 256 g/mol. The molecular formula is C15H20N2OS. The molecule has 0 aliphatic rings. The van der Waals surface area contributed by atoms with Crippen molar-refractivity contribution >= 4 is 11.3 Å². The summed E-state index contributed by atoms with van der Waals surface area (Å²) in [5.74, 6) is 1.36. The van der Waals surface area contributed by atoms with Gasteiger partial charge < -0.3 is 10.5 Å². The van der Waals surface area contributed by atoms with Gasteiger partial charge in [0.15, 0.2) is 0 Å². The molecule has 0 radical (unpaired) electrons. The van der Waals surface area contributed by atoms with E-state index in [9.17, 15) is 0 Å². The van der Waals surface area contributed by atoms with E-state index in [1.54, 1.807) is 18.4 Å². The summed E-state index contributed by atoms with van der Waals surface area (Å²) in [4.78, 5) is 4.64. The summed E-state index contributed by atoms with van der Waals surface area (Å²) in [6.07, 6.45) is 0.830. The van der Waals surface area contributed by atoms with Crippen molar-refractivity contribution in [2.24, 2.45) is 5.73 Å². The average Bonchev–Trinajstić information content (AvgIpc) is 2.87. The van der Waals surface area contributed by atoms with Crippen LogP contribution in [-0.2, 0) is 6.42 Å². The first-order chi connectivity index (χ1) is 9.15. The molecule has 0 amide bonds. The zero-order valence-corrected chi connectivity index (χ0v) is 12.5. The number of nitrogens with zero attached hydrogens (tertiary/aromatic N) is 1. The summed E-state index contributed by atoms with van der Waals surface area (Å²) in [5.41, 5.74) is 8.91. The largest absolute Gasteiger partial charge is 0.496 e. The highest BCUT2D eigenvalue weighted by atomic mass is 32.1. The van der Waals surface area contributed by atoms with Crippen LogP contribution in [0.4, 0.5) is 0 Å². The molecule has 4 heteroatoms. The number of ether oxygens (including phenoxy) is 1. The Bertz CT molecular complexity index is 549. The fourth-order valence-electron chi connectivity index (χ4n) is 1.96. The van der Waals surface area contributed by atoms with E-state index in [4.69, 9.17) is 10.5 Å². The number of hydrogen-bond donors (Lipinski definition) is 1. The number of thiazole rings is 1. The Morgan fingerprint density at radius 3 is 2.79 bits per heavy atom. The second-order valence-electron chi connectivity index (χ2n) is 4.78. The first-order valence-electron chi connectivity index (χ1n) is 6.48. The highest BCUT2D eigenvalue weighted by Crippen LogP contribution is 2.33. The van der Waals surface area contributed by atoms with E-state index in [1.165, 1.54) is 5.56 Å². The molecule has 102 valence electrons. The maximum atomic E-state index is 5.57. The monoisotopic (exact) mass is 276 g/mol. The zero-order valence-electron chi connectivity index (χ0n) is 11.6. The second-order valence-corrected chi connectivity index (χ2v) is 5.72. The van der Waals surface area contributed by atoms with E-state index in [1.807, 2.05) is 6.07 Å². The first-order valence-corrected chi connectivity index (χ1v) is 7.36. The molecule has 2 N–H and O–H groups in total. The molecule has 0 saturated heterocycles. The predicted octanol–water partition coefficient (Wildman–Crippen LogP) is 3.44. The minimum absolute atomic E-state index is 0.492. The summed E-state index contributed by atoms with van der Waals surface area (Å²) in [6, 6.07) is 6.30. The molecule has 0 bridgehead atoms. The highest BCUT2D eigenvalue weighted by Gasteiger charge is 2.12. The van der Waals surface area contributed by atoms with E-state index in [2.05, 4.69) is 36.3 Å². The van der Waals surface area contributed by atoms with Crippen LogP contribution in [0.3, 0.4) is 0 Å². The zero-order chi connectivity index (χ0) is 13.8. The lowest BCUT2D eigenvalue weighted by atomic mass is 9.99. The van der Waals surface area contributed by atoms with Crippen molar-refractivity contribution in [2.45, 2.75) is 26.2 Å². The number of methoxy groups -OCH3 is 1. The standard InChI is InChI=1S/C15H20N2OS/c1-10(2)11-4-5-14(18-3)12(8-11)13-9-19-15(17-13)6-7-16/h4-5,8-10H,6-7,16H2,1-3H3. The van der Waals surface area contributed by atoms with Crippen LogP contribution < -0.4 is 10.5 Å². The topological polar surface area (TPSA) is 48.1 Å². The third kappa shape index (κ3) is 3.14. The summed E-state index contributed by atoms with van der Waals surface area (Å²) in [6.45, 7) is 5.01. The van der Waals surface area contributed by atoms with Crippen LogP contribution in [0.2, 0.25) is 0 Å². The number of hydrogen-bond acceptors (Lipinski definition) is 4. The maximum absolute atomic E-state index is 5.57. The van der Waals surface area contributed by atoms with Crippen LogP contribution in [0, 0.1) is 0 Å². The number of benzene rings is 1. The van der Waals surface area contributed by atoms with Crippen molar-refractivity contribution in [3.63, 3.8) is 0 Å². The number of aromatic nitrogens is 1.